The molecule has 0 bridgehead atoms. The lowest BCUT2D eigenvalue weighted by Gasteiger charge is -2.23. The monoisotopic (exact) mass is 189 g/mol. The highest BCUT2D eigenvalue weighted by molar-refractivity contribution is 5.16. The Morgan fingerprint density at radius 2 is 1.79 bits per heavy atom. The molecular weight excluding hydrogens is 170 g/mol. The SMILES string of the molecule is CN(C)C1(CCc2ccccc2)CC1. The highest BCUT2D eigenvalue weighted by Gasteiger charge is 2.43. The fourth-order valence-electron chi connectivity index (χ4n) is 2.09. The molecule has 0 heterocycles. The molecule has 0 saturated heterocycles. The van der Waals surface area contributed by atoms with E-state index in [1.165, 1.54) is 31.2 Å². The van der Waals surface area contributed by atoms with E-state index in [0.29, 0.717) is 5.54 Å². The molecule has 1 aromatic carbocycles. The van der Waals surface area contributed by atoms with Crippen molar-refractivity contribution in [3.63, 3.8) is 0 Å². The van der Waals surface area contributed by atoms with Crippen molar-refractivity contribution in [2.75, 3.05) is 14.1 Å². The predicted octanol–water partition coefficient (Wildman–Crippen LogP) is 2.71. The first-order valence-electron chi connectivity index (χ1n) is 5.44. The van der Waals surface area contributed by atoms with E-state index >= 15 is 0 Å². The van der Waals surface area contributed by atoms with Crippen molar-refractivity contribution >= 4 is 0 Å². The summed E-state index contributed by atoms with van der Waals surface area (Å²) in [6.07, 6.45) is 5.29. The topological polar surface area (TPSA) is 3.24 Å². The van der Waals surface area contributed by atoms with Crippen molar-refractivity contribution in [2.24, 2.45) is 0 Å². The van der Waals surface area contributed by atoms with Gasteiger partial charge in [0.25, 0.3) is 0 Å². The molecule has 1 aromatic rings. The highest BCUT2D eigenvalue weighted by atomic mass is 15.2. The lowest BCUT2D eigenvalue weighted by atomic mass is 10.0. The van der Waals surface area contributed by atoms with Gasteiger partial charge in [0.15, 0.2) is 0 Å². The zero-order valence-electron chi connectivity index (χ0n) is 9.16. The fourth-order valence-corrected chi connectivity index (χ4v) is 2.09. The molecule has 0 amide bonds. The second kappa shape index (κ2) is 3.74. The number of hydrogen-bond donors (Lipinski definition) is 0. The van der Waals surface area contributed by atoms with Gasteiger partial charge in [0, 0.05) is 5.54 Å². The Balaban J connectivity index is 1.89. The molecule has 2 rings (SSSR count). The Labute approximate surface area is 86.7 Å². The molecule has 1 saturated carbocycles. The van der Waals surface area contributed by atoms with Gasteiger partial charge in [-0.25, -0.2) is 0 Å². The Hall–Kier alpha value is -0.820. The van der Waals surface area contributed by atoms with E-state index in [-0.39, 0.29) is 0 Å². The van der Waals surface area contributed by atoms with E-state index in [4.69, 9.17) is 0 Å². The number of hydrogen-bond acceptors (Lipinski definition) is 1. The average Bonchev–Trinajstić information content (AvgIpc) is 2.97. The van der Waals surface area contributed by atoms with Gasteiger partial charge in [-0.05, 0) is 45.3 Å². The van der Waals surface area contributed by atoms with Crippen LogP contribution in [0.5, 0.6) is 0 Å². The highest BCUT2D eigenvalue weighted by Crippen LogP contribution is 2.43. The minimum atomic E-state index is 0.538. The van der Waals surface area contributed by atoms with Gasteiger partial charge >= 0.3 is 0 Å². The summed E-state index contributed by atoms with van der Waals surface area (Å²) in [7, 11) is 4.41. The first kappa shape index (κ1) is 9.72. The van der Waals surface area contributed by atoms with E-state index in [1.807, 2.05) is 0 Å². The summed E-state index contributed by atoms with van der Waals surface area (Å²) in [5, 5.41) is 0. The molecule has 0 N–H and O–H groups in total. The molecule has 1 aliphatic rings. The summed E-state index contributed by atoms with van der Waals surface area (Å²) in [5.74, 6) is 0. The molecule has 1 aliphatic carbocycles. The van der Waals surface area contributed by atoms with E-state index in [0.717, 1.165) is 0 Å². The summed E-state index contributed by atoms with van der Waals surface area (Å²) in [4.78, 5) is 2.40. The Morgan fingerprint density at radius 1 is 1.14 bits per heavy atom. The molecule has 0 aromatic heterocycles. The molecule has 0 radical (unpaired) electrons. The van der Waals surface area contributed by atoms with Crippen molar-refractivity contribution in [1.82, 2.24) is 4.90 Å². The largest absolute Gasteiger partial charge is 0.304 e. The van der Waals surface area contributed by atoms with Gasteiger partial charge in [0.05, 0.1) is 0 Å². The minimum Gasteiger partial charge on any atom is -0.304 e. The third kappa shape index (κ3) is 1.98. The third-order valence-corrected chi connectivity index (χ3v) is 3.50. The molecule has 1 fully saturated rings. The van der Waals surface area contributed by atoms with Gasteiger partial charge in [0.1, 0.15) is 0 Å². The maximum Gasteiger partial charge on any atom is 0.0208 e. The summed E-state index contributed by atoms with van der Waals surface area (Å²) >= 11 is 0. The lowest BCUT2D eigenvalue weighted by molar-refractivity contribution is 0.256. The first-order chi connectivity index (χ1) is 6.73. The predicted molar refractivity (Wildman–Crippen MR) is 60.4 cm³/mol. The number of nitrogens with zero attached hydrogens (tertiary/aromatic N) is 1. The molecule has 1 nitrogen and oxygen atoms in total. The number of rotatable bonds is 4. The maximum atomic E-state index is 2.40. The molecule has 76 valence electrons. The maximum absolute atomic E-state index is 2.40. The van der Waals surface area contributed by atoms with Gasteiger partial charge in [-0.3, -0.25) is 0 Å². The lowest BCUT2D eigenvalue weighted by Crippen LogP contribution is -2.30. The number of aryl methyl sites for hydroxylation is 1. The zero-order chi connectivity index (χ0) is 10.0. The average molecular weight is 189 g/mol. The summed E-state index contributed by atoms with van der Waals surface area (Å²) in [6, 6.07) is 10.8. The van der Waals surface area contributed by atoms with Crippen LogP contribution in [0.15, 0.2) is 30.3 Å². The van der Waals surface area contributed by atoms with Gasteiger partial charge in [0.2, 0.25) is 0 Å². The van der Waals surface area contributed by atoms with Crippen LogP contribution < -0.4 is 0 Å². The molecule has 14 heavy (non-hydrogen) atoms. The van der Waals surface area contributed by atoms with E-state index in [1.54, 1.807) is 0 Å². The second-order valence-electron chi connectivity index (χ2n) is 4.60. The van der Waals surface area contributed by atoms with Crippen LogP contribution in [0.2, 0.25) is 0 Å². The van der Waals surface area contributed by atoms with Crippen molar-refractivity contribution in [3.05, 3.63) is 35.9 Å². The van der Waals surface area contributed by atoms with Crippen LogP contribution in [0, 0.1) is 0 Å². The van der Waals surface area contributed by atoms with E-state index < -0.39 is 0 Å². The normalized spacial score (nSPS) is 18.5. The van der Waals surface area contributed by atoms with E-state index in [2.05, 4.69) is 49.3 Å². The van der Waals surface area contributed by atoms with Crippen molar-refractivity contribution < 1.29 is 0 Å². The van der Waals surface area contributed by atoms with Gasteiger partial charge in [-0.2, -0.15) is 0 Å². The Kier molecular flexibility index (Phi) is 2.60. The van der Waals surface area contributed by atoms with Crippen molar-refractivity contribution in [2.45, 2.75) is 31.2 Å². The van der Waals surface area contributed by atoms with Crippen LogP contribution in [0.4, 0.5) is 0 Å². The molecule has 0 aliphatic heterocycles. The fraction of sp³-hybridized carbons (Fsp3) is 0.538. The van der Waals surface area contributed by atoms with Gasteiger partial charge in [-0.1, -0.05) is 30.3 Å². The second-order valence-corrected chi connectivity index (χ2v) is 4.60. The van der Waals surface area contributed by atoms with Crippen LogP contribution in [-0.2, 0) is 6.42 Å². The smallest absolute Gasteiger partial charge is 0.0208 e. The standard InChI is InChI=1S/C13H19N/c1-14(2)13(10-11-13)9-8-12-6-4-3-5-7-12/h3-7H,8-11H2,1-2H3. The Morgan fingerprint density at radius 3 is 2.29 bits per heavy atom. The zero-order valence-corrected chi connectivity index (χ0v) is 9.16. The number of benzene rings is 1. The minimum absolute atomic E-state index is 0.538. The van der Waals surface area contributed by atoms with Crippen LogP contribution >= 0.6 is 0 Å². The molecule has 0 unspecified atom stereocenters. The molecule has 0 spiro atoms. The quantitative estimate of drug-likeness (QED) is 0.704. The van der Waals surface area contributed by atoms with Crippen LogP contribution in [0.25, 0.3) is 0 Å². The first-order valence-corrected chi connectivity index (χ1v) is 5.44. The molecule has 1 heteroatoms. The Bertz CT molecular complexity index is 285. The van der Waals surface area contributed by atoms with Gasteiger partial charge in [-0.15, -0.1) is 0 Å². The third-order valence-electron chi connectivity index (χ3n) is 3.50. The summed E-state index contributed by atoms with van der Waals surface area (Å²) in [5.41, 5.74) is 2.01. The summed E-state index contributed by atoms with van der Waals surface area (Å²) in [6.45, 7) is 0. The van der Waals surface area contributed by atoms with Gasteiger partial charge < -0.3 is 4.90 Å². The van der Waals surface area contributed by atoms with Crippen molar-refractivity contribution in [3.8, 4) is 0 Å². The van der Waals surface area contributed by atoms with E-state index in [9.17, 15) is 0 Å². The summed E-state index contributed by atoms with van der Waals surface area (Å²) < 4.78 is 0. The van der Waals surface area contributed by atoms with Crippen molar-refractivity contribution in [1.29, 1.82) is 0 Å². The molecule has 0 atom stereocenters. The van der Waals surface area contributed by atoms with Crippen LogP contribution in [0.3, 0.4) is 0 Å². The molecular formula is C13H19N. The van der Waals surface area contributed by atoms with Crippen LogP contribution in [-0.4, -0.2) is 24.5 Å². The van der Waals surface area contributed by atoms with Crippen LogP contribution in [0.1, 0.15) is 24.8 Å².